The molecule has 0 unspecified atom stereocenters. The lowest BCUT2D eigenvalue weighted by molar-refractivity contribution is -0.385. The van der Waals surface area contributed by atoms with Crippen LogP contribution in [0.5, 0.6) is 0 Å². The van der Waals surface area contributed by atoms with Crippen molar-refractivity contribution in [2.75, 3.05) is 7.11 Å². The van der Waals surface area contributed by atoms with E-state index in [9.17, 15) is 28.5 Å². The molecule has 0 spiro atoms. The molecule has 2 rings (SSSR count). The van der Waals surface area contributed by atoms with E-state index in [0.29, 0.717) is 0 Å². The van der Waals surface area contributed by atoms with E-state index in [-0.39, 0.29) is 5.56 Å². The van der Waals surface area contributed by atoms with E-state index >= 15 is 0 Å². The molecular formula is C14H10F2N2O5. The average molecular weight is 324 g/mol. The highest BCUT2D eigenvalue weighted by Gasteiger charge is 2.20. The van der Waals surface area contributed by atoms with Crippen molar-refractivity contribution in [3.8, 4) is 0 Å². The van der Waals surface area contributed by atoms with Gasteiger partial charge in [0.2, 0.25) is 0 Å². The Kier molecular flexibility index (Phi) is 4.49. The first-order chi connectivity index (χ1) is 10.8. The number of benzene rings is 1. The Morgan fingerprint density at radius 3 is 2.70 bits per heavy atom. The number of nitro groups is 1. The molecule has 120 valence electrons. The molecule has 0 saturated carbocycles. The number of methoxy groups -OCH3 is 1. The fourth-order valence-corrected chi connectivity index (χ4v) is 1.95. The van der Waals surface area contributed by atoms with E-state index in [1.54, 1.807) is 0 Å². The van der Waals surface area contributed by atoms with Gasteiger partial charge in [-0.2, -0.15) is 0 Å². The van der Waals surface area contributed by atoms with Crippen molar-refractivity contribution in [1.82, 2.24) is 4.57 Å². The first kappa shape index (κ1) is 16.3. The van der Waals surface area contributed by atoms with Gasteiger partial charge < -0.3 is 9.30 Å². The lowest BCUT2D eigenvalue weighted by Gasteiger charge is -2.09. The molecule has 7 nitrogen and oxygen atoms in total. The van der Waals surface area contributed by atoms with Crippen LogP contribution in [0.1, 0.15) is 15.9 Å². The van der Waals surface area contributed by atoms with Crippen molar-refractivity contribution in [3.05, 3.63) is 73.7 Å². The summed E-state index contributed by atoms with van der Waals surface area (Å²) in [6.45, 7) is -0.478. The normalized spacial score (nSPS) is 10.4. The summed E-state index contributed by atoms with van der Waals surface area (Å²) in [5.41, 5.74) is -2.23. The third-order valence-electron chi connectivity index (χ3n) is 3.06. The smallest absolute Gasteiger partial charge is 0.343 e. The maximum Gasteiger partial charge on any atom is 0.343 e. The van der Waals surface area contributed by atoms with Crippen molar-refractivity contribution in [1.29, 1.82) is 0 Å². The molecule has 0 atom stereocenters. The van der Waals surface area contributed by atoms with Crippen LogP contribution in [0.25, 0.3) is 0 Å². The Hall–Kier alpha value is -3.10. The predicted molar refractivity (Wildman–Crippen MR) is 74.2 cm³/mol. The lowest BCUT2D eigenvalue weighted by Crippen LogP contribution is -2.27. The Labute approximate surface area is 127 Å². The molecule has 1 aromatic heterocycles. The topological polar surface area (TPSA) is 91.4 Å². The fourth-order valence-electron chi connectivity index (χ4n) is 1.95. The number of hydrogen-bond donors (Lipinski definition) is 0. The van der Waals surface area contributed by atoms with E-state index in [0.717, 1.165) is 30.0 Å². The summed E-state index contributed by atoms with van der Waals surface area (Å²) < 4.78 is 32.0. The summed E-state index contributed by atoms with van der Waals surface area (Å²) in [4.78, 5) is 33.8. The van der Waals surface area contributed by atoms with Gasteiger partial charge in [0.1, 0.15) is 5.56 Å². The molecule has 1 heterocycles. The highest BCUT2D eigenvalue weighted by atomic mass is 19.2. The summed E-state index contributed by atoms with van der Waals surface area (Å²) in [5, 5.41) is 10.9. The second kappa shape index (κ2) is 6.34. The lowest BCUT2D eigenvalue weighted by atomic mass is 10.2. The second-order valence-electron chi connectivity index (χ2n) is 4.51. The number of hydrogen-bond acceptors (Lipinski definition) is 5. The van der Waals surface area contributed by atoms with E-state index in [1.165, 1.54) is 12.1 Å². The number of aromatic nitrogens is 1. The zero-order valence-corrected chi connectivity index (χ0v) is 11.8. The summed E-state index contributed by atoms with van der Waals surface area (Å²) in [6.07, 6.45) is 0.846. The number of esters is 1. The van der Waals surface area contributed by atoms with Crippen molar-refractivity contribution in [2.45, 2.75) is 6.54 Å². The van der Waals surface area contributed by atoms with Crippen LogP contribution in [0.3, 0.4) is 0 Å². The van der Waals surface area contributed by atoms with E-state index < -0.39 is 45.9 Å². The molecule has 0 radical (unpaired) electrons. The van der Waals surface area contributed by atoms with Crippen LogP contribution >= 0.6 is 0 Å². The van der Waals surface area contributed by atoms with Gasteiger partial charge in [-0.15, -0.1) is 0 Å². The SMILES string of the molecule is COC(=O)c1cc([N+](=O)[O-])cn(Cc2cccc(F)c2F)c1=O. The Morgan fingerprint density at radius 2 is 2.09 bits per heavy atom. The number of halogens is 2. The predicted octanol–water partition coefficient (Wildman–Crippen LogP) is 1.87. The van der Waals surface area contributed by atoms with Crippen LogP contribution in [0.15, 0.2) is 35.3 Å². The minimum absolute atomic E-state index is 0.191. The molecule has 1 aromatic carbocycles. The molecular weight excluding hydrogens is 314 g/mol. The molecule has 0 bridgehead atoms. The molecule has 0 aliphatic carbocycles. The quantitative estimate of drug-likeness (QED) is 0.486. The highest BCUT2D eigenvalue weighted by Crippen LogP contribution is 2.15. The number of carbonyl (C=O) groups excluding carboxylic acids is 1. The Bertz CT molecular complexity index is 848. The van der Waals surface area contributed by atoms with Gasteiger partial charge in [0.15, 0.2) is 11.6 Å². The molecule has 2 aromatic rings. The van der Waals surface area contributed by atoms with Crippen LogP contribution in [-0.4, -0.2) is 22.6 Å². The first-order valence-corrected chi connectivity index (χ1v) is 6.25. The molecule has 0 amide bonds. The standard InChI is InChI=1S/C14H10F2N2O5/c1-23-14(20)10-5-9(18(21)22)7-17(13(10)19)6-8-3-2-4-11(15)12(8)16/h2-5,7H,6H2,1H3. The summed E-state index contributed by atoms with van der Waals surface area (Å²) in [6, 6.07) is 4.13. The second-order valence-corrected chi connectivity index (χ2v) is 4.51. The van der Waals surface area contributed by atoms with E-state index in [1.807, 2.05) is 0 Å². The summed E-state index contributed by atoms with van der Waals surface area (Å²) in [7, 11) is 1.01. The molecule has 0 aliphatic heterocycles. The highest BCUT2D eigenvalue weighted by molar-refractivity contribution is 5.89. The van der Waals surface area contributed by atoms with Crippen LogP contribution in [0.4, 0.5) is 14.5 Å². The van der Waals surface area contributed by atoms with Crippen LogP contribution in [0.2, 0.25) is 0 Å². The summed E-state index contributed by atoms with van der Waals surface area (Å²) >= 11 is 0. The Balaban J connectivity index is 2.59. The monoisotopic (exact) mass is 324 g/mol. The van der Waals surface area contributed by atoms with Crippen LogP contribution < -0.4 is 5.56 Å². The molecule has 0 aliphatic rings. The van der Waals surface area contributed by atoms with Gasteiger partial charge in [0.25, 0.3) is 11.2 Å². The summed E-state index contributed by atoms with van der Waals surface area (Å²) in [5.74, 6) is -3.35. The van der Waals surface area contributed by atoms with Crippen molar-refractivity contribution in [3.63, 3.8) is 0 Å². The molecule has 9 heteroatoms. The minimum atomic E-state index is -1.18. The fraction of sp³-hybridized carbons (Fsp3) is 0.143. The third-order valence-corrected chi connectivity index (χ3v) is 3.06. The number of nitrogens with zero attached hydrogens (tertiary/aromatic N) is 2. The maximum atomic E-state index is 13.7. The van der Waals surface area contributed by atoms with Crippen LogP contribution in [-0.2, 0) is 11.3 Å². The first-order valence-electron chi connectivity index (χ1n) is 6.25. The molecule has 0 fully saturated rings. The van der Waals surface area contributed by atoms with Gasteiger partial charge in [-0.3, -0.25) is 14.9 Å². The van der Waals surface area contributed by atoms with E-state index in [2.05, 4.69) is 4.74 Å². The van der Waals surface area contributed by atoms with Gasteiger partial charge in [-0.1, -0.05) is 12.1 Å². The Morgan fingerprint density at radius 1 is 1.39 bits per heavy atom. The van der Waals surface area contributed by atoms with Crippen molar-refractivity contribution < 1.29 is 23.2 Å². The number of ether oxygens (including phenoxy) is 1. The van der Waals surface area contributed by atoms with Crippen molar-refractivity contribution in [2.24, 2.45) is 0 Å². The van der Waals surface area contributed by atoms with Gasteiger partial charge >= 0.3 is 5.97 Å². The van der Waals surface area contributed by atoms with Gasteiger partial charge in [-0.05, 0) is 6.07 Å². The van der Waals surface area contributed by atoms with E-state index in [4.69, 9.17) is 0 Å². The largest absolute Gasteiger partial charge is 0.465 e. The number of carbonyl (C=O) groups is 1. The molecule has 0 saturated heterocycles. The number of rotatable bonds is 4. The minimum Gasteiger partial charge on any atom is -0.465 e. The maximum absolute atomic E-state index is 13.7. The molecule has 23 heavy (non-hydrogen) atoms. The van der Waals surface area contributed by atoms with Gasteiger partial charge in [0.05, 0.1) is 24.8 Å². The molecule has 0 N–H and O–H groups in total. The van der Waals surface area contributed by atoms with Crippen LogP contribution in [0, 0.1) is 21.7 Å². The third kappa shape index (κ3) is 3.23. The van der Waals surface area contributed by atoms with Gasteiger partial charge in [0, 0.05) is 11.6 Å². The van der Waals surface area contributed by atoms with Crippen molar-refractivity contribution >= 4 is 11.7 Å². The number of pyridine rings is 1. The average Bonchev–Trinajstić information content (AvgIpc) is 2.52. The van der Waals surface area contributed by atoms with Gasteiger partial charge in [-0.25, -0.2) is 13.6 Å². The zero-order valence-electron chi connectivity index (χ0n) is 11.8. The zero-order chi connectivity index (χ0) is 17.1.